The van der Waals surface area contributed by atoms with Crippen LogP contribution in [0.3, 0.4) is 0 Å². The summed E-state index contributed by atoms with van der Waals surface area (Å²) in [4.78, 5) is 0. The molecule has 0 bridgehead atoms. The molecule has 2 aliphatic rings. The van der Waals surface area contributed by atoms with E-state index in [4.69, 9.17) is 4.74 Å². The van der Waals surface area contributed by atoms with E-state index in [-0.39, 0.29) is 0 Å². The molecular weight excluding hydrogens is 234 g/mol. The minimum absolute atomic E-state index is 0.298. The highest BCUT2D eigenvalue weighted by Gasteiger charge is 2.42. The number of nitrogens with one attached hydrogen (secondary N) is 1. The first-order valence-electron chi connectivity index (χ1n) is 7.58. The standard InChI is InChI=1S/C17H25NO/c1-13(2)15-3-5-16(6-4-15)17(11-19-12-17)9-14-7-8-18-10-14/h3-6,13-14,18H,7-12H2,1-2H3. The van der Waals surface area contributed by atoms with Gasteiger partial charge in [0, 0.05) is 5.41 Å². The summed E-state index contributed by atoms with van der Waals surface area (Å²) in [6, 6.07) is 9.26. The fraction of sp³-hybridized carbons (Fsp3) is 0.647. The van der Waals surface area contributed by atoms with E-state index in [1.54, 1.807) is 0 Å². The van der Waals surface area contributed by atoms with E-state index in [9.17, 15) is 0 Å². The van der Waals surface area contributed by atoms with E-state index in [0.717, 1.165) is 19.1 Å². The van der Waals surface area contributed by atoms with Crippen molar-refractivity contribution in [1.29, 1.82) is 0 Å². The highest BCUT2D eigenvalue weighted by atomic mass is 16.5. The van der Waals surface area contributed by atoms with Gasteiger partial charge in [-0.2, -0.15) is 0 Å². The Morgan fingerprint density at radius 3 is 2.47 bits per heavy atom. The Morgan fingerprint density at radius 2 is 2.00 bits per heavy atom. The van der Waals surface area contributed by atoms with Crippen molar-refractivity contribution in [2.75, 3.05) is 26.3 Å². The third-order valence-electron chi connectivity index (χ3n) is 4.79. The van der Waals surface area contributed by atoms with E-state index >= 15 is 0 Å². The predicted octanol–water partition coefficient (Wildman–Crippen LogP) is 3.08. The molecule has 19 heavy (non-hydrogen) atoms. The Bertz CT molecular complexity index is 413. The summed E-state index contributed by atoms with van der Waals surface area (Å²) < 4.78 is 5.56. The molecule has 0 saturated carbocycles. The largest absolute Gasteiger partial charge is 0.379 e. The van der Waals surface area contributed by atoms with Crippen molar-refractivity contribution in [1.82, 2.24) is 5.32 Å². The van der Waals surface area contributed by atoms with Crippen LogP contribution in [0.25, 0.3) is 0 Å². The van der Waals surface area contributed by atoms with Crippen LogP contribution in [0.15, 0.2) is 24.3 Å². The third kappa shape index (κ3) is 2.56. The maximum atomic E-state index is 5.56. The average molecular weight is 259 g/mol. The molecule has 2 fully saturated rings. The van der Waals surface area contributed by atoms with Crippen LogP contribution >= 0.6 is 0 Å². The van der Waals surface area contributed by atoms with Gasteiger partial charge in [-0.15, -0.1) is 0 Å². The minimum Gasteiger partial charge on any atom is -0.379 e. The van der Waals surface area contributed by atoms with Gasteiger partial charge in [-0.1, -0.05) is 38.1 Å². The van der Waals surface area contributed by atoms with Crippen LogP contribution in [0.4, 0.5) is 0 Å². The SMILES string of the molecule is CC(C)c1ccc(C2(CC3CCNC3)COC2)cc1. The number of hydrogen-bond donors (Lipinski definition) is 1. The summed E-state index contributed by atoms with van der Waals surface area (Å²) in [7, 11) is 0. The van der Waals surface area contributed by atoms with Gasteiger partial charge in [0.1, 0.15) is 0 Å². The molecule has 0 radical (unpaired) electrons. The number of benzene rings is 1. The van der Waals surface area contributed by atoms with Crippen LogP contribution in [0.5, 0.6) is 0 Å². The first-order chi connectivity index (χ1) is 9.20. The van der Waals surface area contributed by atoms with Gasteiger partial charge in [0.05, 0.1) is 13.2 Å². The highest BCUT2D eigenvalue weighted by molar-refractivity contribution is 5.32. The lowest BCUT2D eigenvalue weighted by molar-refractivity contribution is -0.0705. The smallest absolute Gasteiger partial charge is 0.0585 e. The Labute approximate surface area is 116 Å². The molecule has 0 aliphatic carbocycles. The maximum Gasteiger partial charge on any atom is 0.0585 e. The van der Waals surface area contributed by atoms with E-state index in [2.05, 4.69) is 43.4 Å². The molecule has 1 atom stereocenters. The zero-order chi connectivity index (χ0) is 13.3. The summed E-state index contributed by atoms with van der Waals surface area (Å²) in [6.07, 6.45) is 2.60. The third-order valence-corrected chi connectivity index (χ3v) is 4.79. The lowest BCUT2D eigenvalue weighted by Crippen LogP contribution is -2.48. The molecular formula is C17H25NO. The van der Waals surface area contributed by atoms with E-state index < -0.39 is 0 Å². The molecule has 2 nitrogen and oxygen atoms in total. The molecule has 1 unspecified atom stereocenters. The van der Waals surface area contributed by atoms with Crippen molar-refractivity contribution in [2.24, 2.45) is 5.92 Å². The van der Waals surface area contributed by atoms with Crippen LogP contribution in [0.2, 0.25) is 0 Å². The number of ether oxygens (including phenoxy) is 1. The molecule has 2 aliphatic heterocycles. The molecule has 0 spiro atoms. The quantitative estimate of drug-likeness (QED) is 0.897. The summed E-state index contributed by atoms with van der Waals surface area (Å²) >= 11 is 0. The zero-order valence-corrected chi connectivity index (χ0v) is 12.1. The van der Waals surface area contributed by atoms with Crippen molar-refractivity contribution in [2.45, 2.75) is 38.0 Å². The first-order valence-corrected chi connectivity index (χ1v) is 7.58. The molecule has 0 amide bonds. The first kappa shape index (κ1) is 13.1. The lowest BCUT2D eigenvalue weighted by atomic mass is 9.72. The normalized spacial score (nSPS) is 25.5. The van der Waals surface area contributed by atoms with Gasteiger partial charge in [-0.3, -0.25) is 0 Å². The second kappa shape index (κ2) is 5.26. The number of hydrogen-bond acceptors (Lipinski definition) is 2. The monoisotopic (exact) mass is 259 g/mol. The molecule has 2 saturated heterocycles. The van der Waals surface area contributed by atoms with Crippen LogP contribution in [0, 0.1) is 5.92 Å². The van der Waals surface area contributed by atoms with Gasteiger partial charge < -0.3 is 10.1 Å². The molecule has 1 N–H and O–H groups in total. The Hall–Kier alpha value is -0.860. The topological polar surface area (TPSA) is 21.3 Å². The van der Waals surface area contributed by atoms with E-state index in [0.29, 0.717) is 11.3 Å². The molecule has 1 aromatic rings. The van der Waals surface area contributed by atoms with Gasteiger partial charge in [-0.05, 0) is 48.9 Å². The van der Waals surface area contributed by atoms with Crippen LogP contribution in [-0.2, 0) is 10.2 Å². The van der Waals surface area contributed by atoms with Gasteiger partial charge >= 0.3 is 0 Å². The highest BCUT2D eigenvalue weighted by Crippen LogP contribution is 2.40. The molecule has 104 valence electrons. The second-order valence-corrected chi connectivity index (χ2v) is 6.61. The van der Waals surface area contributed by atoms with Gasteiger partial charge in [0.15, 0.2) is 0 Å². The second-order valence-electron chi connectivity index (χ2n) is 6.61. The zero-order valence-electron chi connectivity index (χ0n) is 12.1. The Morgan fingerprint density at radius 1 is 1.26 bits per heavy atom. The minimum atomic E-state index is 0.298. The van der Waals surface area contributed by atoms with Crippen LogP contribution in [-0.4, -0.2) is 26.3 Å². The Balaban J connectivity index is 1.76. The van der Waals surface area contributed by atoms with Crippen molar-refractivity contribution in [3.05, 3.63) is 35.4 Å². The summed E-state index contributed by atoms with van der Waals surface area (Å²) in [5.74, 6) is 1.44. The van der Waals surface area contributed by atoms with Crippen molar-refractivity contribution in [3.8, 4) is 0 Å². The van der Waals surface area contributed by atoms with Crippen LogP contribution < -0.4 is 5.32 Å². The molecule has 2 heterocycles. The van der Waals surface area contributed by atoms with Crippen molar-refractivity contribution >= 4 is 0 Å². The molecule has 1 aromatic carbocycles. The molecule has 3 rings (SSSR count). The average Bonchev–Trinajstić information content (AvgIpc) is 2.87. The van der Waals surface area contributed by atoms with Gasteiger partial charge in [0.2, 0.25) is 0 Å². The lowest BCUT2D eigenvalue weighted by Gasteiger charge is -2.43. The molecule has 2 heteroatoms. The molecule has 0 aromatic heterocycles. The summed E-state index contributed by atoms with van der Waals surface area (Å²) in [5, 5.41) is 3.48. The number of rotatable bonds is 4. The van der Waals surface area contributed by atoms with Gasteiger partial charge in [-0.25, -0.2) is 0 Å². The van der Waals surface area contributed by atoms with Crippen molar-refractivity contribution < 1.29 is 4.74 Å². The fourth-order valence-corrected chi connectivity index (χ4v) is 3.41. The maximum absolute atomic E-state index is 5.56. The summed E-state index contributed by atoms with van der Waals surface area (Å²) in [5.41, 5.74) is 3.21. The Kier molecular flexibility index (Phi) is 3.64. The predicted molar refractivity (Wildman–Crippen MR) is 78.6 cm³/mol. The fourth-order valence-electron chi connectivity index (χ4n) is 3.41. The summed E-state index contributed by atoms with van der Waals surface area (Å²) in [6.45, 7) is 8.69. The van der Waals surface area contributed by atoms with E-state index in [1.807, 2.05) is 0 Å². The van der Waals surface area contributed by atoms with E-state index in [1.165, 1.54) is 37.1 Å². The van der Waals surface area contributed by atoms with Crippen LogP contribution in [0.1, 0.15) is 43.7 Å². The van der Waals surface area contributed by atoms with Crippen molar-refractivity contribution in [3.63, 3.8) is 0 Å². The van der Waals surface area contributed by atoms with Gasteiger partial charge in [0.25, 0.3) is 0 Å².